The van der Waals surface area contributed by atoms with Crippen LogP contribution in [0.5, 0.6) is 0 Å². The largest absolute Gasteiger partial charge is 0.377 e. The number of amides is 1. The normalized spacial score (nSPS) is 16.2. The van der Waals surface area contributed by atoms with E-state index in [1.807, 2.05) is 0 Å². The highest BCUT2D eigenvalue weighted by atomic mass is 32.1. The summed E-state index contributed by atoms with van der Waals surface area (Å²) in [5, 5.41) is 17.8. The monoisotopic (exact) mass is 358 g/mol. The van der Waals surface area contributed by atoms with Crippen molar-refractivity contribution in [2.45, 2.75) is 44.6 Å². The predicted molar refractivity (Wildman–Crippen MR) is 96.5 cm³/mol. The molecule has 0 saturated heterocycles. The van der Waals surface area contributed by atoms with E-state index in [-0.39, 0.29) is 17.2 Å². The summed E-state index contributed by atoms with van der Waals surface area (Å²) >= 11 is 1.50. The zero-order valence-corrected chi connectivity index (χ0v) is 14.4. The molecule has 0 atom stereocenters. The highest BCUT2D eigenvalue weighted by molar-refractivity contribution is 7.15. The summed E-state index contributed by atoms with van der Waals surface area (Å²) < 4.78 is 0. The van der Waals surface area contributed by atoms with E-state index in [9.17, 15) is 14.9 Å². The Hall–Kier alpha value is -2.48. The summed E-state index contributed by atoms with van der Waals surface area (Å²) in [4.78, 5) is 29.0. The van der Waals surface area contributed by atoms with E-state index in [0.29, 0.717) is 16.9 Å². The molecule has 25 heavy (non-hydrogen) atoms. The van der Waals surface area contributed by atoms with Crippen LogP contribution in [0.2, 0.25) is 0 Å². The number of carbonyl (C=O) groups is 1. The van der Waals surface area contributed by atoms with Gasteiger partial charge in [0.1, 0.15) is 5.69 Å². The first kappa shape index (κ1) is 16.0. The molecule has 0 bridgehead atoms. The number of rotatable bonds is 5. The van der Waals surface area contributed by atoms with Gasteiger partial charge in [-0.1, -0.05) is 0 Å². The lowest BCUT2D eigenvalue weighted by molar-refractivity contribution is -0.384. The van der Waals surface area contributed by atoms with Crippen molar-refractivity contribution in [3.63, 3.8) is 0 Å². The fourth-order valence-electron chi connectivity index (χ4n) is 2.97. The average Bonchev–Trinajstić information content (AvgIpc) is 3.31. The Balaban J connectivity index is 1.53. The Labute approximate surface area is 148 Å². The molecular formula is C17H18N4O3S. The van der Waals surface area contributed by atoms with Gasteiger partial charge in [-0.25, -0.2) is 4.98 Å². The number of nitrogens with one attached hydrogen (secondary N) is 2. The number of benzene rings is 1. The molecule has 2 N–H and O–H groups in total. The highest BCUT2D eigenvalue weighted by Crippen LogP contribution is 2.33. The number of carbonyl (C=O) groups excluding carboxylic acids is 1. The van der Waals surface area contributed by atoms with Crippen LogP contribution in [0.25, 0.3) is 0 Å². The van der Waals surface area contributed by atoms with Crippen molar-refractivity contribution in [2.24, 2.45) is 0 Å². The van der Waals surface area contributed by atoms with E-state index < -0.39 is 4.92 Å². The first-order valence-corrected chi connectivity index (χ1v) is 9.27. The van der Waals surface area contributed by atoms with Gasteiger partial charge in [0.05, 0.1) is 10.6 Å². The van der Waals surface area contributed by atoms with E-state index in [1.54, 1.807) is 12.1 Å². The third-order valence-electron chi connectivity index (χ3n) is 4.46. The number of nitro benzene ring substituents is 1. The molecule has 4 rings (SSSR count). The van der Waals surface area contributed by atoms with Crippen molar-refractivity contribution in [3.05, 3.63) is 44.4 Å². The quantitative estimate of drug-likeness (QED) is 0.626. The minimum absolute atomic E-state index is 0.0713. The Morgan fingerprint density at radius 1 is 1.28 bits per heavy atom. The van der Waals surface area contributed by atoms with Crippen LogP contribution in [0, 0.1) is 10.1 Å². The second-order valence-corrected chi connectivity index (χ2v) is 7.54. The lowest BCUT2D eigenvalue weighted by atomic mass is 10.0. The van der Waals surface area contributed by atoms with Crippen LogP contribution in [-0.4, -0.2) is 21.9 Å². The van der Waals surface area contributed by atoms with E-state index in [2.05, 4.69) is 15.6 Å². The molecule has 2 aromatic rings. The van der Waals surface area contributed by atoms with Gasteiger partial charge in [0.15, 0.2) is 5.13 Å². The van der Waals surface area contributed by atoms with Gasteiger partial charge in [0.2, 0.25) is 0 Å². The standard InChI is InChI=1S/C17H18N4O3S/c22-16(20-17-19-13-3-1-2-4-15(13)25-17)10-5-8-12(18-11-6-7-11)14(9-10)21(23)24/h5,8-9,11,18H,1-4,6-7H2,(H,19,20,22). The van der Waals surface area contributed by atoms with Crippen LogP contribution in [0.1, 0.15) is 46.6 Å². The number of aryl methyl sites for hydroxylation is 2. The Morgan fingerprint density at radius 3 is 2.80 bits per heavy atom. The smallest absolute Gasteiger partial charge is 0.293 e. The van der Waals surface area contributed by atoms with Gasteiger partial charge in [0, 0.05) is 22.5 Å². The summed E-state index contributed by atoms with van der Waals surface area (Å²) in [6.45, 7) is 0. The van der Waals surface area contributed by atoms with E-state index in [1.165, 1.54) is 22.3 Å². The van der Waals surface area contributed by atoms with Gasteiger partial charge in [-0.15, -0.1) is 11.3 Å². The molecule has 0 spiro atoms. The molecule has 1 aromatic carbocycles. The van der Waals surface area contributed by atoms with Crippen LogP contribution >= 0.6 is 11.3 Å². The van der Waals surface area contributed by atoms with Crippen molar-refractivity contribution in [1.82, 2.24) is 4.98 Å². The Bertz CT molecular complexity index is 821. The number of hydrogen-bond acceptors (Lipinski definition) is 6. The Morgan fingerprint density at radius 2 is 2.08 bits per heavy atom. The molecular weight excluding hydrogens is 340 g/mol. The molecule has 0 aliphatic heterocycles. The number of nitrogens with zero attached hydrogens (tertiary/aromatic N) is 2. The molecule has 0 unspecified atom stereocenters. The number of hydrogen-bond donors (Lipinski definition) is 2. The summed E-state index contributed by atoms with van der Waals surface area (Å²) in [7, 11) is 0. The average molecular weight is 358 g/mol. The second-order valence-electron chi connectivity index (χ2n) is 6.46. The van der Waals surface area contributed by atoms with Gasteiger partial charge in [-0.2, -0.15) is 0 Å². The van der Waals surface area contributed by atoms with E-state index in [0.717, 1.165) is 44.2 Å². The molecule has 1 fully saturated rings. The van der Waals surface area contributed by atoms with Gasteiger partial charge in [0.25, 0.3) is 11.6 Å². The first-order chi connectivity index (χ1) is 12.1. The third kappa shape index (κ3) is 3.48. The predicted octanol–water partition coefficient (Wildman–Crippen LogP) is 3.76. The fourth-order valence-corrected chi connectivity index (χ4v) is 4.01. The minimum atomic E-state index is -0.455. The fraction of sp³-hybridized carbons (Fsp3) is 0.412. The van der Waals surface area contributed by atoms with Gasteiger partial charge < -0.3 is 5.32 Å². The number of fused-ring (bicyclic) bond motifs is 1. The Kier molecular flexibility index (Phi) is 4.12. The van der Waals surface area contributed by atoms with Crippen molar-refractivity contribution in [1.29, 1.82) is 0 Å². The molecule has 1 aromatic heterocycles. The van der Waals surface area contributed by atoms with Crippen molar-refractivity contribution >= 4 is 33.8 Å². The minimum Gasteiger partial charge on any atom is -0.377 e. The van der Waals surface area contributed by atoms with Crippen LogP contribution in [-0.2, 0) is 12.8 Å². The third-order valence-corrected chi connectivity index (χ3v) is 5.53. The van der Waals surface area contributed by atoms with Crippen molar-refractivity contribution < 1.29 is 9.72 Å². The molecule has 0 radical (unpaired) electrons. The van der Waals surface area contributed by atoms with Gasteiger partial charge in [-0.3, -0.25) is 20.2 Å². The van der Waals surface area contributed by atoms with Crippen LogP contribution in [0.3, 0.4) is 0 Å². The maximum Gasteiger partial charge on any atom is 0.293 e. The molecule has 1 heterocycles. The van der Waals surface area contributed by atoms with Gasteiger partial charge >= 0.3 is 0 Å². The second kappa shape index (κ2) is 6.44. The van der Waals surface area contributed by atoms with Gasteiger partial charge in [-0.05, 0) is 50.7 Å². The molecule has 2 aliphatic carbocycles. The van der Waals surface area contributed by atoms with Crippen molar-refractivity contribution in [3.8, 4) is 0 Å². The molecule has 8 heteroatoms. The number of anilines is 2. The maximum atomic E-state index is 12.5. The first-order valence-electron chi connectivity index (χ1n) is 8.45. The van der Waals surface area contributed by atoms with Crippen molar-refractivity contribution in [2.75, 3.05) is 10.6 Å². The summed E-state index contributed by atoms with van der Waals surface area (Å²) in [6.07, 6.45) is 6.29. The zero-order valence-electron chi connectivity index (χ0n) is 13.6. The van der Waals surface area contributed by atoms with E-state index in [4.69, 9.17) is 0 Å². The van der Waals surface area contributed by atoms with Crippen LogP contribution in [0.15, 0.2) is 18.2 Å². The van der Waals surface area contributed by atoms with Crippen LogP contribution in [0.4, 0.5) is 16.5 Å². The summed E-state index contributed by atoms with van der Waals surface area (Å²) in [6, 6.07) is 4.85. The number of thiazole rings is 1. The lowest BCUT2D eigenvalue weighted by Gasteiger charge is -2.07. The topological polar surface area (TPSA) is 97.2 Å². The lowest BCUT2D eigenvalue weighted by Crippen LogP contribution is -2.13. The zero-order chi connectivity index (χ0) is 17.4. The van der Waals surface area contributed by atoms with Crippen LogP contribution < -0.4 is 10.6 Å². The maximum absolute atomic E-state index is 12.5. The summed E-state index contributed by atoms with van der Waals surface area (Å²) in [5.74, 6) is -0.368. The number of aromatic nitrogens is 1. The number of nitro groups is 1. The highest BCUT2D eigenvalue weighted by Gasteiger charge is 2.26. The SMILES string of the molecule is O=C(Nc1nc2c(s1)CCCC2)c1ccc(NC2CC2)c([N+](=O)[O-])c1. The molecule has 1 amide bonds. The molecule has 2 aliphatic rings. The summed E-state index contributed by atoms with van der Waals surface area (Å²) in [5.41, 5.74) is 1.73. The van der Waals surface area contributed by atoms with E-state index >= 15 is 0 Å². The molecule has 130 valence electrons. The molecule has 7 nitrogen and oxygen atoms in total. The molecule has 1 saturated carbocycles.